The summed E-state index contributed by atoms with van der Waals surface area (Å²) in [6, 6.07) is 8.48. The van der Waals surface area contributed by atoms with Crippen molar-refractivity contribution in [1.82, 2.24) is 4.98 Å². The van der Waals surface area contributed by atoms with E-state index in [0.717, 1.165) is 10.4 Å². The monoisotopic (exact) mass is 232 g/mol. The van der Waals surface area contributed by atoms with Gasteiger partial charge in [0.25, 0.3) is 0 Å². The molecule has 1 unspecified atom stereocenters. The number of thiazole rings is 1. The Morgan fingerprint density at radius 2 is 1.75 bits per heavy atom. The Labute approximate surface area is 100 Å². The van der Waals surface area contributed by atoms with Crippen LogP contribution >= 0.6 is 11.3 Å². The molecular formula is C13H16N2S. The molecule has 2 N–H and O–H groups in total. The van der Waals surface area contributed by atoms with Gasteiger partial charge in [-0.3, -0.25) is 4.98 Å². The molecule has 16 heavy (non-hydrogen) atoms. The fourth-order valence-corrected chi connectivity index (χ4v) is 2.28. The van der Waals surface area contributed by atoms with Crippen molar-refractivity contribution in [2.75, 3.05) is 0 Å². The molecule has 1 heterocycles. The van der Waals surface area contributed by atoms with Gasteiger partial charge in [0.2, 0.25) is 0 Å². The quantitative estimate of drug-likeness (QED) is 0.881. The van der Waals surface area contributed by atoms with E-state index in [4.69, 9.17) is 5.73 Å². The number of rotatable bonds is 3. The lowest BCUT2D eigenvalue weighted by atomic mass is 9.99. The average Bonchev–Trinajstić information content (AvgIpc) is 2.81. The first-order chi connectivity index (χ1) is 7.68. The standard InChI is InChI=1S/C13H16N2S/c1-9(2)10-3-5-11(6-4-10)13(14)12-7-15-8-16-12/h3-9,13H,14H2,1-2H3. The lowest BCUT2D eigenvalue weighted by Gasteiger charge is -2.11. The molecule has 0 aliphatic carbocycles. The fraction of sp³-hybridized carbons (Fsp3) is 0.308. The van der Waals surface area contributed by atoms with E-state index in [9.17, 15) is 0 Å². The van der Waals surface area contributed by atoms with Gasteiger partial charge in [-0.25, -0.2) is 0 Å². The molecule has 0 radical (unpaired) electrons. The molecule has 0 saturated carbocycles. The Morgan fingerprint density at radius 3 is 2.25 bits per heavy atom. The van der Waals surface area contributed by atoms with Crippen LogP contribution in [-0.4, -0.2) is 4.98 Å². The summed E-state index contributed by atoms with van der Waals surface area (Å²) in [7, 11) is 0. The molecule has 0 fully saturated rings. The number of hydrogen-bond acceptors (Lipinski definition) is 3. The minimum Gasteiger partial charge on any atom is -0.320 e. The molecule has 1 aromatic carbocycles. The van der Waals surface area contributed by atoms with Crippen LogP contribution in [0.1, 0.15) is 41.8 Å². The van der Waals surface area contributed by atoms with Gasteiger partial charge in [-0.1, -0.05) is 38.1 Å². The molecular weight excluding hydrogens is 216 g/mol. The number of benzene rings is 1. The van der Waals surface area contributed by atoms with E-state index in [-0.39, 0.29) is 6.04 Å². The summed E-state index contributed by atoms with van der Waals surface area (Å²) in [6.07, 6.45) is 1.84. The van der Waals surface area contributed by atoms with E-state index in [2.05, 4.69) is 43.1 Å². The van der Waals surface area contributed by atoms with Gasteiger partial charge in [0.1, 0.15) is 0 Å². The third-order valence-corrected chi connectivity index (χ3v) is 3.58. The Balaban J connectivity index is 2.22. The van der Waals surface area contributed by atoms with Gasteiger partial charge in [0.05, 0.1) is 11.6 Å². The highest BCUT2D eigenvalue weighted by Crippen LogP contribution is 2.24. The molecule has 3 heteroatoms. The second-order valence-electron chi connectivity index (χ2n) is 4.20. The zero-order chi connectivity index (χ0) is 11.5. The van der Waals surface area contributed by atoms with E-state index < -0.39 is 0 Å². The molecule has 0 bridgehead atoms. The van der Waals surface area contributed by atoms with Crippen LogP contribution in [0.25, 0.3) is 0 Å². The minimum atomic E-state index is -0.0475. The van der Waals surface area contributed by atoms with Crippen LogP contribution in [0.2, 0.25) is 0 Å². The zero-order valence-corrected chi connectivity index (χ0v) is 10.4. The Morgan fingerprint density at radius 1 is 1.12 bits per heavy atom. The number of aromatic nitrogens is 1. The summed E-state index contributed by atoms with van der Waals surface area (Å²) in [5, 5.41) is 0. The topological polar surface area (TPSA) is 38.9 Å². The van der Waals surface area contributed by atoms with E-state index in [1.807, 2.05) is 11.7 Å². The number of hydrogen-bond donors (Lipinski definition) is 1. The SMILES string of the molecule is CC(C)c1ccc(C(N)c2cncs2)cc1. The first-order valence-electron chi connectivity index (χ1n) is 5.42. The van der Waals surface area contributed by atoms with Crippen LogP contribution in [0.3, 0.4) is 0 Å². The van der Waals surface area contributed by atoms with E-state index in [1.54, 1.807) is 11.3 Å². The van der Waals surface area contributed by atoms with Crippen molar-refractivity contribution in [2.45, 2.75) is 25.8 Å². The highest BCUT2D eigenvalue weighted by atomic mass is 32.1. The average molecular weight is 232 g/mol. The van der Waals surface area contributed by atoms with Crippen LogP contribution in [0.4, 0.5) is 0 Å². The van der Waals surface area contributed by atoms with Gasteiger partial charge in [0, 0.05) is 11.1 Å². The third-order valence-electron chi connectivity index (χ3n) is 2.72. The summed E-state index contributed by atoms with van der Waals surface area (Å²) in [6.45, 7) is 4.39. The van der Waals surface area contributed by atoms with E-state index in [1.165, 1.54) is 5.56 Å². The van der Waals surface area contributed by atoms with Crippen LogP contribution < -0.4 is 5.73 Å². The summed E-state index contributed by atoms with van der Waals surface area (Å²) in [4.78, 5) is 5.16. The van der Waals surface area contributed by atoms with E-state index >= 15 is 0 Å². The van der Waals surface area contributed by atoms with Gasteiger partial charge in [-0.2, -0.15) is 0 Å². The maximum absolute atomic E-state index is 6.16. The minimum absolute atomic E-state index is 0.0475. The summed E-state index contributed by atoms with van der Waals surface area (Å²) in [5.41, 5.74) is 10.5. The second-order valence-corrected chi connectivity index (χ2v) is 5.12. The number of nitrogens with zero attached hydrogens (tertiary/aromatic N) is 1. The molecule has 1 aromatic heterocycles. The Kier molecular flexibility index (Phi) is 3.36. The van der Waals surface area contributed by atoms with Crippen LogP contribution in [0, 0.1) is 0 Å². The first-order valence-corrected chi connectivity index (χ1v) is 6.30. The molecule has 0 saturated heterocycles. The first kappa shape index (κ1) is 11.3. The highest BCUT2D eigenvalue weighted by Gasteiger charge is 2.10. The highest BCUT2D eigenvalue weighted by molar-refractivity contribution is 7.09. The fourth-order valence-electron chi connectivity index (χ4n) is 1.63. The van der Waals surface area contributed by atoms with Crippen LogP contribution in [-0.2, 0) is 0 Å². The molecule has 2 nitrogen and oxygen atoms in total. The molecule has 0 aliphatic heterocycles. The molecule has 0 amide bonds. The van der Waals surface area contributed by atoms with Crippen molar-refractivity contribution in [1.29, 1.82) is 0 Å². The molecule has 2 rings (SSSR count). The predicted octanol–water partition coefficient (Wildman–Crippen LogP) is 3.31. The lowest BCUT2D eigenvalue weighted by Crippen LogP contribution is -2.10. The Hall–Kier alpha value is -1.19. The third kappa shape index (κ3) is 2.31. The maximum atomic E-state index is 6.16. The molecule has 0 spiro atoms. The summed E-state index contributed by atoms with van der Waals surface area (Å²) in [5.74, 6) is 0.564. The largest absolute Gasteiger partial charge is 0.320 e. The maximum Gasteiger partial charge on any atom is 0.0794 e. The normalized spacial score (nSPS) is 13.0. The number of nitrogens with two attached hydrogens (primary N) is 1. The van der Waals surface area contributed by atoms with Crippen molar-refractivity contribution in [2.24, 2.45) is 5.73 Å². The van der Waals surface area contributed by atoms with E-state index in [0.29, 0.717) is 5.92 Å². The van der Waals surface area contributed by atoms with Crippen LogP contribution in [0.15, 0.2) is 36.0 Å². The van der Waals surface area contributed by atoms with Gasteiger partial charge in [-0.15, -0.1) is 11.3 Å². The van der Waals surface area contributed by atoms with Crippen molar-refractivity contribution in [3.8, 4) is 0 Å². The molecule has 2 aromatic rings. The molecule has 84 valence electrons. The van der Waals surface area contributed by atoms with Gasteiger partial charge < -0.3 is 5.73 Å². The lowest BCUT2D eigenvalue weighted by molar-refractivity contribution is 0.853. The van der Waals surface area contributed by atoms with Crippen molar-refractivity contribution in [3.63, 3.8) is 0 Å². The van der Waals surface area contributed by atoms with Crippen molar-refractivity contribution < 1.29 is 0 Å². The zero-order valence-electron chi connectivity index (χ0n) is 9.55. The van der Waals surface area contributed by atoms with Crippen LogP contribution in [0.5, 0.6) is 0 Å². The predicted molar refractivity (Wildman–Crippen MR) is 68.7 cm³/mol. The van der Waals surface area contributed by atoms with Crippen molar-refractivity contribution >= 4 is 11.3 Å². The Bertz CT molecular complexity index is 431. The summed E-state index contributed by atoms with van der Waals surface area (Å²) < 4.78 is 0. The second kappa shape index (κ2) is 4.76. The van der Waals surface area contributed by atoms with Gasteiger partial charge >= 0.3 is 0 Å². The summed E-state index contributed by atoms with van der Waals surface area (Å²) >= 11 is 1.60. The molecule has 1 atom stereocenters. The van der Waals surface area contributed by atoms with Gasteiger partial charge in [-0.05, 0) is 17.0 Å². The molecule has 0 aliphatic rings. The van der Waals surface area contributed by atoms with Gasteiger partial charge in [0.15, 0.2) is 0 Å². The van der Waals surface area contributed by atoms with Crippen molar-refractivity contribution in [3.05, 3.63) is 52.0 Å². The smallest absolute Gasteiger partial charge is 0.0794 e.